The maximum Gasteiger partial charge on any atom is 0.279 e. The van der Waals surface area contributed by atoms with E-state index < -0.39 is 17.6 Å². The fraction of sp³-hybridized carbons (Fsp3) is 0.333. The smallest absolute Gasteiger partial charge is 0.279 e. The van der Waals surface area contributed by atoms with E-state index in [0.29, 0.717) is 11.4 Å². The third kappa shape index (κ3) is 3.14. The Bertz CT molecular complexity index is 898. The van der Waals surface area contributed by atoms with Gasteiger partial charge in [-0.2, -0.15) is 4.98 Å². The summed E-state index contributed by atoms with van der Waals surface area (Å²) in [5, 5.41) is 4.00. The van der Waals surface area contributed by atoms with E-state index in [1.165, 1.54) is 7.05 Å². The Hall–Kier alpha value is -2.90. The van der Waals surface area contributed by atoms with E-state index in [1.807, 2.05) is 19.1 Å². The molecule has 1 aromatic carbocycles. The number of alkyl halides is 2. The molecule has 1 fully saturated rings. The van der Waals surface area contributed by atoms with Crippen molar-refractivity contribution in [1.82, 2.24) is 10.1 Å². The first-order chi connectivity index (χ1) is 12.4. The molecule has 0 aliphatic heterocycles. The number of aldehydes is 1. The molecule has 2 N–H and O–H groups in total. The number of rotatable bonds is 6. The number of carbonyl (C=O) groups excluding carboxylic acids is 1. The summed E-state index contributed by atoms with van der Waals surface area (Å²) in [6.45, 7) is 1.95. The number of aromatic nitrogens is 2. The molecule has 1 aromatic heterocycles. The van der Waals surface area contributed by atoms with Crippen LogP contribution in [0.5, 0.6) is 0 Å². The van der Waals surface area contributed by atoms with Crippen molar-refractivity contribution in [3.8, 4) is 0 Å². The van der Waals surface area contributed by atoms with E-state index in [4.69, 9.17) is 10.3 Å². The van der Waals surface area contributed by atoms with Gasteiger partial charge in [0.2, 0.25) is 0 Å². The lowest BCUT2D eigenvalue weighted by Crippen LogP contribution is -2.14. The highest BCUT2D eigenvalue weighted by atomic mass is 19.3. The summed E-state index contributed by atoms with van der Waals surface area (Å²) in [6, 6.07) is 5.45. The highest BCUT2D eigenvalue weighted by Gasteiger charge is 2.51. The molecule has 3 rings (SSSR count). The average molecular weight is 360 g/mol. The van der Waals surface area contributed by atoms with Crippen LogP contribution in [0, 0.1) is 6.92 Å². The first kappa shape index (κ1) is 17.9. The zero-order valence-corrected chi connectivity index (χ0v) is 14.4. The lowest BCUT2D eigenvalue weighted by atomic mass is 9.90. The van der Waals surface area contributed by atoms with Gasteiger partial charge in [-0.3, -0.25) is 9.79 Å². The van der Waals surface area contributed by atoms with Crippen LogP contribution in [0.1, 0.15) is 46.0 Å². The number of aliphatic imine (C=N–C) groups is 1. The predicted molar refractivity (Wildman–Crippen MR) is 92.4 cm³/mol. The van der Waals surface area contributed by atoms with Gasteiger partial charge in [-0.1, -0.05) is 17.3 Å². The van der Waals surface area contributed by atoms with Gasteiger partial charge in [-0.15, -0.1) is 0 Å². The molecule has 1 heterocycles. The second-order valence-corrected chi connectivity index (χ2v) is 6.25. The molecule has 136 valence electrons. The topological polar surface area (TPSA) is 94.4 Å². The molecule has 0 bridgehead atoms. The Morgan fingerprint density at radius 3 is 2.73 bits per heavy atom. The van der Waals surface area contributed by atoms with Crippen molar-refractivity contribution in [2.75, 3.05) is 7.05 Å². The van der Waals surface area contributed by atoms with Crippen LogP contribution >= 0.6 is 0 Å². The van der Waals surface area contributed by atoms with E-state index in [2.05, 4.69) is 15.1 Å². The fourth-order valence-electron chi connectivity index (χ4n) is 2.95. The molecule has 0 radical (unpaired) electrons. The third-order valence-electron chi connectivity index (χ3n) is 4.55. The fourth-order valence-corrected chi connectivity index (χ4v) is 2.95. The SMILES string of the molecule is CN=C(/C=C(\N)c1nc(C2(c3cc(C=O)ccc3C)CC2)no1)C(F)F. The third-order valence-corrected chi connectivity index (χ3v) is 4.55. The first-order valence-corrected chi connectivity index (χ1v) is 8.04. The zero-order chi connectivity index (χ0) is 18.9. The molecule has 0 saturated heterocycles. The van der Waals surface area contributed by atoms with Gasteiger partial charge in [0.25, 0.3) is 12.3 Å². The lowest BCUT2D eigenvalue weighted by Gasteiger charge is -2.14. The number of allylic oxidation sites excluding steroid dienone is 1. The largest absolute Gasteiger partial charge is 0.394 e. The summed E-state index contributed by atoms with van der Waals surface area (Å²) in [4.78, 5) is 18.9. The molecule has 0 unspecified atom stereocenters. The van der Waals surface area contributed by atoms with Crippen LogP contribution in [0.3, 0.4) is 0 Å². The number of benzene rings is 1. The van der Waals surface area contributed by atoms with Crippen LogP contribution in [-0.2, 0) is 5.41 Å². The number of carbonyl (C=O) groups is 1. The van der Waals surface area contributed by atoms with Crippen LogP contribution in [0.4, 0.5) is 8.78 Å². The van der Waals surface area contributed by atoms with Gasteiger partial charge >= 0.3 is 0 Å². The summed E-state index contributed by atoms with van der Waals surface area (Å²) >= 11 is 0. The number of nitrogens with two attached hydrogens (primary N) is 1. The summed E-state index contributed by atoms with van der Waals surface area (Å²) in [5.74, 6) is 0.402. The summed E-state index contributed by atoms with van der Waals surface area (Å²) in [5.41, 5.74) is 7.38. The molecule has 6 nitrogen and oxygen atoms in total. The van der Waals surface area contributed by atoms with Crippen LogP contribution in [0.15, 0.2) is 33.8 Å². The van der Waals surface area contributed by atoms with Crippen molar-refractivity contribution in [1.29, 1.82) is 0 Å². The second-order valence-electron chi connectivity index (χ2n) is 6.25. The molecule has 1 saturated carbocycles. The van der Waals surface area contributed by atoms with E-state index in [9.17, 15) is 13.6 Å². The Morgan fingerprint density at radius 1 is 1.42 bits per heavy atom. The van der Waals surface area contributed by atoms with Gasteiger partial charge in [-0.25, -0.2) is 8.78 Å². The average Bonchev–Trinajstić information content (AvgIpc) is 3.28. The molecular formula is C18H18F2N4O2. The number of nitrogens with zero attached hydrogens (tertiary/aromatic N) is 3. The Balaban J connectivity index is 1.95. The second kappa shape index (κ2) is 6.78. The predicted octanol–water partition coefficient (Wildman–Crippen LogP) is 2.91. The Labute approximate surface area is 148 Å². The van der Waals surface area contributed by atoms with Gasteiger partial charge in [0.05, 0.1) is 11.1 Å². The van der Waals surface area contributed by atoms with Crippen LogP contribution in [-0.4, -0.2) is 35.6 Å². The monoisotopic (exact) mass is 360 g/mol. The number of hydrogen-bond donors (Lipinski definition) is 1. The molecule has 8 heteroatoms. The van der Waals surface area contributed by atoms with Crippen LogP contribution in [0.25, 0.3) is 5.70 Å². The van der Waals surface area contributed by atoms with Crippen molar-refractivity contribution < 1.29 is 18.1 Å². The van der Waals surface area contributed by atoms with Crippen molar-refractivity contribution in [2.45, 2.75) is 31.6 Å². The van der Waals surface area contributed by atoms with Crippen molar-refractivity contribution in [2.24, 2.45) is 10.7 Å². The van der Waals surface area contributed by atoms with E-state index >= 15 is 0 Å². The van der Waals surface area contributed by atoms with Crippen LogP contribution < -0.4 is 5.73 Å². The van der Waals surface area contributed by atoms with Crippen molar-refractivity contribution >= 4 is 17.7 Å². The van der Waals surface area contributed by atoms with Gasteiger partial charge in [0, 0.05) is 12.6 Å². The minimum atomic E-state index is -2.75. The van der Waals surface area contributed by atoms with Gasteiger partial charge < -0.3 is 10.3 Å². The van der Waals surface area contributed by atoms with Gasteiger partial charge in [0.1, 0.15) is 12.0 Å². The highest BCUT2D eigenvalue weighted by Crippen LogP contribution is 2.53. The number of halogens is 2. The van der Waals surface area contributed by atoms with Gasteiger partial charge in [0.15, 0.2) is 5.82 Å². The molecule has 26 heavy (non-hydrogen) atoms. The van der Waals surface area contributed by atoms with Gasteiger partial charge in [-0.05, 0) is 43.0 Å². The van der Waals surface area contributed by atoms with E-state index in [1.54, 1.807) is 6.07 Å². The van der Waals surface area contributed by atoms with Crippen LogP contribution in [0.2, 0.25) is 0 Å². The summed E-state index contributed by atoms with van der Waals surface area (Å²) < 4.78 is 30.8. The molecule has 1 aliphatic carbocycles. The first-order valence-electron chi connectivity index (χ1n) is 8.04. The van der Waals surface area contributed by atoms with E-state index in [-0.39, 0.29) is 11.6 Å². The standard InChI is InChI=1S/C18H18F2N4O2/c1-10-3-4-11(9-25)7-12(10)18(5-6-18)17-23-16(26-24-17)13(21)8-14(22-2)15(19)20/h3-4,7-9,15H,5-6,21H2,1-2H3/b13-8-,22-14?. The Kier molecular flexibility index (Phi) is 4.67. The minimum absolute atomic E-state index is 0.0303. The quantitative estimate of drug-likeness (QED) is 0.631. The number of aryl methyl sites for hydroxylation is 1. The summed E-state index contributed by atoms with van der Waals surface area (Å²) in [7, 11) is 1.26. The normalized spacial score (nSPS) is 16.8. The molecule has 0 atom stereocenters. The molecule has 1 aliphatic rings. The van der Waals surface area contributed by atoms with Crippen molar-refractivity contribution in [3.05, 3.63) is 52.7 Å². The Morgan fingerprint density at radius 2 is 2.15 bits per heavy atom. The molecule has 0 spiro atoms. The summed E-state index contributed by atoms with van der Waals surface area (Å²) in [6.07, 6.45) is 0.677. The van der Waals surface area contributed by atoms with E-state index in [0.717, 1.165) is 36.3 Å². The zero-order valence-electron chi connectivity index (χ0n) is 14.4. The lowest BCUT2D eigenvalue weighted by molar-refractivity contribution is 0.112. The maximum atomic E-state index is 12.8. The molecule has 2 aromatic rings. The maximum absolute atomic E-state index is 12.8. The number of hydrogen-bond acceptors (Lipinski definition) is 6. The molecule has 0 amide bonds. The molecular weight excluding hydrogens is 342 g/mol. The minimum Gasteiger partial charge on any atom is -0.394 e. The van der Waals surface area contributed by atoms with Crippen molar-refractivity contribution in [3.63, 3.8) is 0 Å². The highest BCUT2D eigenvalue weighted by molar-refractivity contribution is 6.01.